The van der Waals surface area contributed by atoms with Crippen LogP contribution >= 0.6 is 0 Å². The highest BCUT2D eigenvalue weighted by molar-refractivity contribution is 5.64. The lowest BCUT2D eigenvalue weighted by Crippen LogP contribution is -2.40. The molecule has 12 nitrogen and oxygen atoms in total. The lowest BCUT2D eigenvalue weighted by molar-refractivity contribution is -0.404. The van der Waals surface area contributed by atoms with Gasteiger partial charge >= 0.3 is 11.4 Å². The molecule has 1 fully saturated rings. The van der Waals surface area contributed by atoms with Crippen LogP contribution in [0.4, 0.5) is 17.1 Å². The number of ether oxygens (including phenoxy) is 1. The number of phenols is 1. The fourth-order valence-corrected chi connectivity index (χ4v) is 2.20. The number of phenolic OH excluding ortho intramolecular Hbond substituents is 1. The quantitative estimate of drug-likeness (QED) is 0.570. The molecule has 1 heterocycles. The zero-order chi connectivity index (χ0) is 20.8. The zero-order valence-corrected chi connectivity index (χ0v) is 15.2. The Morgan fingerprint density at radius 1 is 1.11 bits per heavy atom. The van der Waals surface area contributed by atoms with Crippen LogP contribution in [-0.2, 0) is 4.74 Å². The van der Waals surface area contributed by atoms with E-state index in [2.05, 4.69) is 26.1 Å². The number of hydrogen-bond acceptors (Lipinski definition) is 9. The number of non-ortho nitro benzene ring substituents is 1. The molecule has 1 unspecified atom stereocenters. The Hall–Kier alpha value is -2.86. The molecule has 0 bridgehead atoms. The standard InChI is InChI=1S/C9H19NO.C6H3N3O7/c1-9(2,3)10-7-8-5-4-6-11-8;10-6-4(8(13)14)1-3(7(11)12)2-5(6)9(15)16/h8,10H,4-7H2,1-3H3;1-2,10H. The molecule has 2 N–H and O–H groups in total. The SMILES string of the molecule is CC(C)(C)NCC1CCCO1.O=[N+]([O-])c1cc([N+](=O)[O-])c(O)c([N+](=O)[O-])c1. The molecular weight excluding hydrogens is 364 g/mol. The predicted octanol–water partition coefficient (Wildman–Crippen LogP) is 2.67. The molecule has 1 aliphatic rings. The monoisotopic (exact) mass is 386 g/mol. The van der Waals surface area contributed by atoms with Crippen molar-refractivity contribution in [1.29, 1.82) is 0 Å². The topological polar surface area (TPSA) is 171 Å². The van der Waals surface area contributed by atoms with Crippen LogP contribution in [0.15, 0.2) is 12.1 Å². The van der Waals surface area contributed by atoms with Crippen LogP contribution in [-0.4, -0.2) is 44.7 Å². The third-order valence-electron chi connectivity index (χ3n) is 3.54. The van der Waals surface area contributed by atoms with E-state index in [4.69, 9.17) is 9.84 Å². The minimum atomic E-state index is -1.21. The predicted molar refractivity (Wildman–Crippen MR) is 94.8 cm³/mol. The molecular formula is C15H22N4O8. The summed E-state index contributed by atoms with van der Waals surface area (Å²) in [6, 6.07) is 0.894. The molecule has 12 heteroatoms. The fourth-order valence-electron chi connectivity index (χ4n) is 2.20. The number of hydrogen-bond donors (Lipinski definition) is 2. The molecule has 27 heavy (non-hydrogen) atoms. The van der Waals surface area contributed by atoms with E-state index in [0.29, 0.717) is 18.2 Å². The molecule has 0 aliphatic carbocycles. The third-order valence-corrected chi connectivity index (χ3v) is 3.54. The van der Waals surface area contributed by atoms with Gasteiger partial charge in [-0.05, 0) is 33.6 Å². The maximum absolute atomic E-state index is 10.4. The smallest absolute Gasteiger partial charge is 0.324 e. The van der Waals surface area contributed by atoms with Crippen LogP contribution in [0.5, 0.6) is 5.75 Å². The number of nitro groups is 3. The van der Waals surface area contributed by atoms with Crippen LogP contribution < -0.4 is 5.32 Å². The minimum absolute atomic E-state index is 0.228. The maximum Gasteiger partial charge on any atom is 0.324 e. The van der Waals surface area contributed by atoms with Crippen LogP contribution in [0.25, 0.3) is 0 Å². The number of nitrogens with zero attached hydrogens (tertiary/aromatic N) is 3. The van der Waals surface area contributed by atoms with Gasteiger partial charge in [-0.1, -0.05) is 0 Å². The molecule has 1 aromatic carbocycles. The number of benzene rings is 1. The molecule has 0 saturated carbocycles. The number of nitrogens with one attached hydrogen (secondary N) is 1. The van der Waals surface area contributed by atoms with Crippen LogP contribution in [0.2, 0.25) is 0 Å². The van der Waals surface area contributed by atoms with Gasteiger partial charge in [0.15, 0.2) is 0 Å². The van der Waals surface area contributed by atoms with Gasteiger partial charge in [0.25, 0.3) is 11.4 Å². The van der Waals surface area contributed by atoms with Gasteiger partial charge in [0, 0.05) is 18.7 Å². The second-order valence-electron chi connectivity index (χ2n) is 6.87. The molecule has 1 atom stereocenters. The minimum Gasteiger partial charge on any atom is -0.497 e. The van der Waals surface area contributed by atoms with Crippen molar-refractivity contribution in [1.82, 2.24) is 5.32 Å². The van der Waals surface area contributed by atoms with Gasteiger partial charge in [0.2, 0.25) is 0 Å². The van der Waals surface area contributed by atoms with E-state index in [1.165, 1.54) is 12.8 Å². The molecule has 1 aliphatic heterocycles. The van der Waals surface area contributed by atoms with E-state index in [1.807, 2.05) is 0 Å². The first kappa shape index (κ1) is 22.2. The summed E-state index contributed by atoms with van der Waals surface area (Å²) in [5.41, 5.74) is -2.77. The summed E-state index contributed by atoms with van der Waals surface area (Å²) in [7, 11) is 0. The highest BCUT2D eigenvalue weighted by Crippen LogP contribution is 2.38. The average Bonchev–Trinajstić information content (AvgIpc) is 3.05. The molecule has 0 amide bonds. The van der Waals surface area contributed by atoms with Gasteiger partial charge in [-0.15, -0.1) is 0 Å². The molecule has 1 saturated heterocycles. The van der Waals surface area contributed by atoms with E-state index in [1.54, 1.807) is 0 Å². The highest BCUT2D eigenvalue weighted by Gasteiger charge is 2.30. The molecule has 0 spiro atoms. The molecule has 1 aromatic rings. The zero-order valence-electron chi connectivity index (χ0n) is 15.2. The van der Waals surface area contributed by atoms with Gasteiger partial charge in [-0.3, -0.25) is 30.3 Å². The Bertz CT molecular complexity index is 675. The van der Waals surface area contributed by atoms with Gasteiger partial charge in [-0.2, -0.15) is 0 Å². The highest BCUT2D eigenvalue weighted by atomic mass is 16.6. The maximum atomic E-state index is 10.4. The van der Waals surface area contributed by atoms with Crippen molar-refractivity contribution in [3.05, 3.63) is 42.5 Å². The first-order chi connectivity index (χ1) is 12.4. The van der Waals surface area contributed by atoms with Crippen molar-refractivity contribution in [3.8, 4) is 5.75 Å². The summed E-state index contributed by atoms with van der Waals surface area (Å²) in [5, 5.41) is 43.7. The van der Waals surface area contributed by atoms with Crippen LogP contribution in [0.3, 0.4) is 0 Å². The lowest BCUT2D eigenvalue weighted by atomic mass is 10.1. The summed E-state index contributed by atoms with van der Waals surface area (Å²) in [6.07, 6.45) is 2.92. The van der Waals surface area contributed by atoms with Gasteiger partial charge < -0.3 is 15.2 Å². The van der Waals surface area contributed by atoms with Gasteiger partial charge in [0.1, 0.15) is 0 Å². The molecule has 2 rings (SSSR count). The van der Waals surface area contributed by atoms with Crippen molar-refractivity contribution in [3.63, 3.8) is 0 Å². The van der Waals surface area contributed by atoms with Crippen LogP contribution in [0.1, 0.15) is 33.6 Å². The molecule has 150 valence electrons. The largest absolute Gasteiger partial charge is 0.497 e. The van der Waals surface area contributed by atoms with E-state index in [0.717, 1.165) is 13.2 Å². The Labute approximate surface area is 154 Å². The number of nitro benzene ring substituents is 3. The first-order valence-corrected chi connectivity index (χ1v) is 8.09. The number of rotatable bonds is 5. The van der Waals surface area contributed by atoms with Crippen molar-refractivity contribution >= 4 is 17.1 Å². The summed E-state index contributed by atoms with van der Waals surface area (Å²) in [4.78, 5) is 27.8. The second kappa shape index (κ2) is 9.19. The Morgan fingerprint density at radius 2 is 1.63 bits per heavy atom. The number of aromatic hydroxyl groups is 1. The third kappa shape index (κ3) is 7.11. The second-order valence-corrected chi connectivity index (χ2v) is 6.87. The lowest BCUT2D eigenvalue weighted by Gasteiger charge is -2.22. The first-order valence-electron chi connectivity index (χ1n) is 8.09. The summed E-state index contributed by atoms with van der Waals surface area (Å²) in [6.45, 7) is 8.51. The Morgan fingerprint density at radius 3 is 1.96 bits per heavy atom. The van der Waals surface area contributed by atoms with E-state index in [9.17, 15) is 30.3 Å². The van der Waals surface area contributed by atoms with Gasteiger partial charge in [0.05, 0.1) is 33.0 Å². The Balaban J connectivity index is 0.000000289. The van der Waals surface area contributed by atoms with Crippen molar-refractivity contribution in [2.24, 2.45) is 0 Å². The summed E-state index contributed by atoms with van der Waals surface area (Å²) in [5.74, 6) is -1.21. The fraction of sp³-hybridized carbons (Fsp3) is 0.600. The average molecular weight is 386 g/mol. The van der Waals surface area contributed by atoms with Crippen molar-refractivity contribution < 1.29 is 24.6 Å². The summed E-state index contributed by atoms with van der Waals surface area (Å²) >= 11 is 0. The van der Waals surface area contributed by atoms with E-state index in [-0.39, 0.29) is 5.54 Å². The van der Waals surface area contributed by atoms with E-state index >= 15 is 0 Å². The van der Waals surface area contributed by atoms with Crippen LogP contribution in [0, 0.1) is 30.3 Å². The van der Waals surface area contributed by atoms with Crippen molar-refractivity contribution in [2.75, 3.05) is 13.2 Å². The molecule has 0 radical (unpaired) electrons. The molecule has 0 aromatic heterocycles. The Kier molecular flexibility index (Phi) is 7.55. The normalized spacial score (nSPS) is 16.3. The van der Waals surface area contributed by atoms with Gasteiger partial charge in [-0.25, -0.2) is 0 Å². The summed E-state index contributed by atoms with van der Waals surface area (Å²) < 4.78 is 5.49. The van der Waals surface area contributed by atoms with Crippen molar-refractivity contribution in [2.45, 2.75) is 45.3 Å². The van der Waals surface area contributed by atoms with E-state index < -0.39 is 37.6 Å².